The van der Waals surface area contributed by atoms with Gasteiger partial charge in [-0.3, -0.25) is 4.79 Å². The van der Waals surface area contributed by atoms with Crippen LogP contribution in [-0.4, -0.2) is 25.7 Å². The Morgan fingerprint density at radius 1 is 1.10 bits per heavy atom. The normalized spacial score (nSPS) is 10.2. The third kappa shape index (κ3) is 6.52. The second-order valence-corrected chi connectivity index (χ2v) is 4.85. The topological polar surface area (TPSA) is 47.6 Å². The summed E-state index contributed by atoms with van der Waals surface area (Å²) in [6.07, 6.45) is 3.40. The maximum absolute atomic E-state index is 11.5. The zero-order valence-electron chi connectivity index (χ0n) is 13.4. The minimum Gasteiger partial charge on any atom is -0.490 e. The molecular weight excluding hydrogens is 266 g/mol. The average molecular weight is 293 g/mol. The van der Waals surface area contributed by atoms with E-state index in [1.165, 1.54) is 0 Å². The average Bonchev–Trinajstić information content (AvgIpc) is 2.48. The SMILES string of the molecule is CCCCC(=O)NCCc1ccc(OCC)c(OCC)c1. The lowest BCUT2D eigenvalue weighted by Crippen LogP contribution is -2.25. The lowest BCUT2D eigenvalue weighted by molar-refractivity contribution is -0.121. The van der Waals surface area contributed by atoms with Crippen LogP contribution in [0.3, 0.4) is 0 Å². The summed E-state index contributed by atoms with van der Waals surface area (Å²) in [5.74, 6) is 1.68. The number of ether oxygens (including phenoxy) is 2. The fourth-order valence-corrected chi connectivity index (χ4v) is 2.02. The molecule has 0 saturated heterocycles. The van der Waals surface area contributed by atoms with Crippen LogP contribution in [0.4, 0.5) is 0 Å². The van der Waals surface area contributed by atoms with Crippen LogP contribution in [0.15, 0.2) is 18.2 Å². The Morgan fingerprint density at radius 3 is 2.48 bits per heavy atom. The van der Waals surface area contributed by atoms with Gasteiger partial charge in [-0.15, -0.1) is 0 Å². The Morgan fingerprint density at radius 2 is 1.81 bits per heavy atom. The summed E-state index contributed by atoms with van der Waals surface area (Å²) in [7, 11) is 0. The van der Waals surface area contributed by atoms with Crippen LogP contribution in [0.1, 0.15) is 45.6 Å². The molecule has 118 valence electrons. The van der Waals surface area contributed by atoms with E-state index in [1.807, 2.05) is 32.0 Å². The van der Waals surface area contributed by atoms with E-state index < -0.39 is 0 Å². The Labute approximate surface area is 127 Å². The molecule has 0 fully saturated rings. The molecule has 1 N–H and O–H groups in total. The molecule has 0 radical (unpaired) electrons. The van der Waals surface area contributed by atoms with Crippen molar-refractivity contribution in [1.82, 2.24) is 5.32 Å². The third-order valence-corrected chi connectivity index (χ3v) is 3.10. The van der Waals surface area contributed by atoms with Crippen molar-refractivity contribution in [3.63, 3.8) is 0 Å². The summed E-state index contributed by atoms with van der Waals surface area (Å²) >= 11 is 0. The van der Waals surface area contributed by atoms with Crippen molar-refractivity contribution in [2.45, 2.75) is 46.5 Å². The first kappa shape index (κ1) is 17.3. The first-order valence-corrected chi connectivity index (χ1v) is 7.86. The zero-order valence-corrected chi connectivity index (χ0v) is 13.4. The highest BCUT2D eigenvalue weighted by molar-refractivity contribution is 5.75. The van der Waals surface area contributed by atoms with Gasteiger partial charge in [-0.2, -0.15) is 0 Å². The Bertz CT molecular complexity index is 432. The minimum absolute atomic E-state index is 0.132. The van der Waals surface area contributed by atoms with Crippen LogP contribution < -0.4 is 14.8 Å². The monoisotopic (exact) mass is 293 g/mol. The van der Waals surface area contributed by atoms with E-state index in [9.17, 15) is 4.79 Å². The summed E-state index contributed by atoms with van der Waals surface area (Å²) in [6.45, 7) is 7.88. The van der Waals surface area contributed by atoms with Crippen LogP contribution in [0.5, 0.6) is 11.5 Å². The van der Waals surface area contributed by atoms with E-state index >= 15 is 0 Å². The molecule has 4 nitrogen and oxygen atoms in total. The van der Waals surface area contributed by atoms with Crippen LogP contribution in [0, 0.1) is 0 Å². The van der Waals surface area contributed by atoms with Gasteiger partial charge in [0.05, 0.1) is 13.2 Å². The summed E-state index contributed by atoms with van der Waals surface area (Å²) in [4.78, 5) is 11.5. The van der Waals surface area contributed by atoms with Gasteiger partial charge in [-0.1, -0.05) is 19.4 Å². The second kappa shape index (κ2) is 10.1. The summed E-state index contributed by atoms with van der Waals surface area (Å²) in [5, 5.41) is 2.95. The molecule has 0 bridgehead atoms. The second-order valence-electron chi connectivity index (χ2n) is 4.85. The summed E-state index contributed by atoms with van der Waals surface area (Å²) in [6, 6.07) is 5.95. The van der Waals surface area contributed by atoms with E-state index in [-0.39, 0.29) is 5.91 Å². The number of carbonyl (C=O) groups is 1. The highest BCUT2D eigenvalue weighted by atomic mass is 16.5. The van der Waals surface area contributed by atoms with Crippen molar-refractivity contribution in [3.05, 3.63) is 23.8 Å². The molecule has 0 aliphatic carbocycles. The maximum atomic E-state index is 11.5. The predicted molar refractivity (Wildman–Crippen MR) is 85.0 cm³/mol. The predicted octanol–water partition coefficient (Wildman–Crippen LogP) is 3.33. The zero-order chi connectivity index (χ0) is 15.5. The first-order valence-electron chi connectivity index (χ1n) is 7.86. The van der Waals surface area contributed by atoms with Gasteiger partial charge >= 0.3 is 0 Å². The highest BCUT2D eigenvalue weighted by Gasteiger charge is 2.06. The molecule has 0 saturated carbocycles. The summed E-state index contributed by atoms with van der Waals surface area (Å²) < 4.78 is 11.1. The Balaban J connectivity index is 2.51. The summed E-state index contributed by atoms with van der Waals surface area (Å²) in [5.41, 5.74) is 1.14. The molecule has 1 amide bonds. The van der Waals surface area contributed by atoms with Crippen LogP contribution >= 0.6 is 0 Å². The molecule has 0 atom stereocenters. The van der Waals surface area contributed by atoms with Gasteiger partial charge in [-0.25, -0.2) is 0 Å². The van der Waals surface area contributed by atoms with Crippen LogP contribution in [0.2, 0.25) is 0 Å². The molecule has 0 aliphatic heterocycles. The van der Waals surface area contributed by atoms with Gasteiger partial charge in [0.25, 0.3) is 0 Å². The van der Waals surface area contributed by atoms with E-state index in [1.54, 1.807) is 0 Å². The number of hydrogen-bond donors (Lipinski definition) is 1. The Hall–Kier alpha value is -1.71. The van der Waals surface area contributed by atoms with E-state index in [4.69, 9.17) is 9.47 Å². The molecule has 1 aromatic carbocycles. The number of amides is 1. The van der Waals surface area contributed by atoms with Crippen molar-refractivity contribution in [2.75, 3.05) is 19.8 Å². The van der Waals surface area contributed by atoms with Crippen molar-refractivity contribution in [2.24, 2.45) is 0 Å². The van der Waals surface area contributed by atoms with Crippen LogP contribution in [0.25, 0.3) is 0 Å². The molecule has 0 unspecified atom stereocenters. The molecule has 1 aromatic rings. The number of carbonyl (C=O) groups excluding carboxylic acids is 1. The van der Waals surface area contributed by atoms with Crippen molar-refractivity contribution < 1.29 is 14.3 Å². The number of rotatable bonds is 10. The lowest BCUT2D eigenvalue weighted by atomic mass is 10.1. The Kier molecular flexibility index (Phi) is 8.32. The van der Waals surface area contributed by atoms with E-state index in [0.717, 1.165) is 36.3 Å². The van der Waals surface area contributed by atoms with Gasteiger partial charge in [0.1, 0.15) is 0 Å². The quantitative estimate of drug-likeness (QED) is 0.720. The van der Waals surface area contributed by atoms with Crippen molar-refractivity contribution >= 4 is 5.91 Å². The fourth-order valence-electron chi connectivity index (χ4n) is 2.02. The van der Waals surface area contributed by atoms with Gasteiger partial charge < -0.3 is 14.8 Å². The molecule has 0 aromatic heterocycles. The third-order valence-electron chi connectivity index (χ3n) is 3.10. The van der Waals surface area contributed by atoms with Gasteiger partial charge in [0.15, 0.2) is 11.5 Å². The standard InChI is InChI=1S/C17H27NO3/c1-4-7-8-17(19)18-12-11-14-9-10-15(20-5-2)16(13-14)21-6-3/h9-10,13H,4-8,11-12H2,1-3H3,(H,18,19). The van der Waals surface area contributed by atoms with Crippen LogP contribution in [-0.2, 0) is 11.2 Å². The fraction of sp³-hybridized carbons (Fsp3) is 0.588. The smallest absolute Gasteiger partial charge is 0.220 e. The first-order chi connectivity index (χ1) is 10.2. The molecule has 21 heavy (non-hydrogen) atoms. The molecule has 0 aliphatic rings. The van der Waals surface area contributed by atoms with Gasteiger partial charge in [0.2, 0.25) is 5.91 Å². The molecule has 0 heterocycles. The lowest BCUT2D eigenvalue weighted by Gasteiger charge is -2.12. The van der Waals surface area contributed by atoms with Crippen molar-refractivity contribution in [3.8, 4) is 11.5 Å². The molecule has 0 spiro atoms. The van der Waals surface area contributed by atoms with Crippen molar-refractivity contribution in [1.29, 1.82) is 0 Å². The molecule has 4 heteroatoms. The number of benzene rings is 1. The van der Waals surface area contributed by atoms with Gasteiger partial charge in [-0.05, 0) is 44.4 Å². The minimum atomic E-state index is 0.132. The number of hydrogen-bond acceptors (Lipinski definition) is 3. The highest BCUT2D eigenvalue weighted by Crippen LogP contribution is 2.28. The van der Waals surface area contributed by atoms with E-state index in [2.05, 4.69) is 12.2 Å². The largest absolute Gasteiger partial charge is 0.490 e. The number of unbranched alkanes of at least 4 members (excludes halogenated alkanes) is 1. The van der Waals surface area contributed by atoms with E-state index in [0.29, 0.717) is 26.2 Å². The molecular formula is C17H27NO3. The number of nitrogens with one attached hydrogen (secondary N) is 1. The maximum Gasteiger partial charge on any atom is 0.220 e. The van der Waals surface area contributed by atoms with Gasteiger partial charge in [0, 0.05) is 13.0 Å². The molecule has 1 rings (SSSR count).